The van der Waals surface area contributed by atoms with Crippen LogP contribution < -0.4 is 0 Å². The van der Waals surface area contributed by atoms with E-state index in [1.165, 1.54) is 57.8 Å². The zero-order valence-electron chi connectivity index (χ0n) is 11.1. The summed E-state index contributed by atoms with van der Waals surface area (Å²) in [6.45, 7) is 4.48. The minimum absolute atomic E-state index is 0.505. The number of hydrogen-bond acceptors (Lipinski definition) is 1. The van der Waals surface area contributed by atoms with Crippen LogP contribution in [0.4, 0.5) is 0 Å². The van der Waals surface area contributed by atoms with Crippen LogP contribution in [0.15, 0.2) is 0 Å². The first kappa shape index (κ1) is 15.0. The molecule has 1 atom stereocenters. The van der Waals surface area contributed by atoms with E-state index in [1.807, 2.05) is 7.11 Å². The van der Waals surface area contributed by atoms with Crippen LogP contribution >= 0.6 is 0 Å². The molecule has 0 aromatic rings. The molecule has 0 radical (unpaired) electrons. The van der Waals surface area contributed by atoms with Crippen molar-refractivity contribution in [3.63, 3.8) is 0 Å². The second-order valence-corrected chi connectivity index (χ2v) is 4.53. The largest absolute Gasteiger partial charge is 0.381 e. The molecule has 0 aliphatic carbocycles. The Labute approximate surface area is 96.6 Å². The average molecular weight is 214 g/mol. The normalized spacial score (nSPS) is 13.0. The first-order chi connectivity index (χ1) is 7.35. The summed E-state index contributed by atoms with van der Waals surface area (Å²) >= 11 is 0. The lowest BCUT2D eigenvalue weighted by atomic mass is 10.0. The molecule has 0 aliphatic heterocycles. The highest BCUT2D eigenvalue weighted by Gasteiger charge is 2.02. The summed E-state index contributed by atoms with van der Waals surface area (Å²) in [5.41, 5.74) is 0. The smallest absolute Gasteiger partial charge is 0.0568 e. The molecule has 0 N–H and O–H groups in total. The molecule has 0 heterocycles. The topological polar surface area (TPSA) is 9.23 Å². The maximum atomic E-state index is 5.36. The summed E-state index contributed by atoms with van der Waals surface area (Å²) in [4.78, 5) is 0. The highest BCUT2D eigenvalue weighted by Crippen LogP contribution is 2.12. The van der Waals surface area contributed by atoms with Gasteiger partial charge in [-0.2, -0.15) is 0 Å². The number of hydrogen-bond donors (Lipinski definition) is 0. The van der Waals surface area contributed by atoms with Crippen molar-refractivity contribution in [2.45, 2.75) is 84.2 Å². The second-order valence-electron chi connectivity index (χ2n) is 4.53. The molecule has 15 heavy (non-hydrogen) atoms. The van der Waals surface area contributed by atoms with Gasteiger partial charge in [0.1, 0.15) is 0 Å². The summed E-state index contributed by atoms with van der Waals surface area (Å²) in [7, 11) is 1.83. The van der Waals surface area contributed by atoms with Gasteiger partial charge in [0, 0.05) is 7.11 Å². The number of rotatable bonds is 11. The van der Waals surface area contributed by atoms with Gasteiger partial charge in [-0.15, -0.1) is 0 Å². The van der Waals surface area contributed by atoms with Crippen molar-refractivity contribution in [1.82, 2.24) is 0 Å². The Morgan fingerprint density at radius 3 is 1.80 bits per heavy atom. The fourth-order valence-corrected chi connectivity index (χ4v) is 1.99. The molecule has 1 unspecified atom stereocenters. The quantitative estimate of drug-likeness (QED) is 0.442. The van der Waals surface area contributed by atoms with Gasteiger partial charge in [0.25, 0.3) is 0 Å². The summed E-state index contributed by atoms with van der Waals surface area (Å²) in [6.07, 6.45) is 14.2. The third-order valence-electron chi connectivity index (χ3n) is 3.17. The number of ether oxygens (including phenoxy) is 1. The Hall–Kier alpha value is -0.0400. The van der Waals surface area contributed by atoms with Crippen LogP contribution in [0.1, 0.15) is 78.1 Å². The van der Waals surface area contributed by atoms with Crippen LogP contribution in [0.5, 0.6) is 0 Å². The second kappa shape index (κ2) is 12.0. The molecule has 0 spiro atoms. The van der Waals surface area contributed by atoms with Gasteiger partial charge in [-0.25, -0.2) is 0 Å². The highest BCUT2D eigenvalue weighted by molar-refractivity contribution is 4.55. The first-order valence-corrected chi connectivity index (χ1v) is 6.87. The van der Waals surface area contributed by atoms with Crippen LogP contribution in [0.25, 0.3) is 0 Å². The van der Waals surface area contributed by atoms with E-state index < -0.39 is 0 Å². The fraction of sp³-hybridized carbons (Fsp3) is 1.00. The van der Waals surface area contributed by atoms with Crippen LogP contribution in [-0.4, -0.2) is 13.2 Å². The van der Waals surface area contributed by atoms with E-state index in [2.05, 4.69) is 13.8 Å². The molecule has 92 valence electrons. The molecule has 0 amide bonds. The molecular formula is C14H30O. The van der Waals surface area contributed by atoms with E-state index in [-0.39, 0.29) is 0 Å². The van der Waals surface area contributed by atoms with Gasteiger partial charge < -0.3 is 4.74 Å². The third-order valence-corrected chi connectivity index (χ3v) is 3.17. The lowest BCUT2D eigenvalue weighted by Gasteiger charge is -2.12. The van der Waals surface area contributed by atoms with E-state index in [1.54, 1.807) is 0 Å². The zero-order valence-corrected chi connectivity index (χ0v) is 11.1. The molecule has 0 rings (SSSR count). The van der Waals surface area contributed by atoms with Gasteiger partial charge in [-0.3, -0.25) is 0 Å². The summed E-state index contributed by atoms with van der Waals surface area (Å²) in [5.74, 6) is 0. The predicted molar refractivity (Wildman–Crippen MR) is 68.3 cm³/mol. The van der Waals surface area contributed by atoms with Crippen molar-refractivity contribution in [2.75, 3.05) is 7.11 Å². The molecular weight excluding hydrogens is 184 g/mol. The SMILES string of the molecule is CCCCCCCCCCC(CC)OC. The molecule has 0 aromatic carbocycles. The monoisotopic (exact) mass is 214 g/mol. The van der Waals surface area contributed by atoms with Gasteiger partial charge in [-0.1, -0.05) is 65.2 Å². The summed E-state index contributed by atoms with van der Waals surface area (Å²) in [6, 6.07) is 0. The van der Waals surface area contributed by atoms with Crippen molar-refractivity contribution in [3.8, 4) is 0 Å². The van der Waals surface area contributed by atoms with Crippen molar-refractivity contribution in [1.29, 1.82) is 0 Å². The summed E-state index contributed by atoms with van der Waals surface area (Å²) < 4.78 is 5.36. The van der Waals surface area contributed by atoms with Crippen LogP contribution in [0.2, 0.25) is 0 Å². The van der Waals surface area contributed by atoms with E-state index in [0.717, 1.165) is 6.42 Å². The fourth-order valence-electron chi connectivity index (χ4n) is 1.99. The van der Waals surface area contributed by atoms with Crippen LogP contribution in [-0.2, 0) is 4.74 Å². The van der Waals surface area contributed by atoms with Crippen LogP contribution in [0.3, 0.4) is 0 Å². The van der Waals surface area contributed by atoms with Gasteiger partial charge in [-0.05, 0) is 12.8 Å². The Morgan fingerprint density at radius 1 is 0.800 bits per heavy atom. The number of unbranched alkanes of at least 4 members (excludes halogenated alkanes) is 7. The molecule has 0 saturated carbocycles. The van der Waals surface area contributed by atoms with Crippen molar-refractivity contribution < 1.29 is 4.74 Å². The van der Waals surface area contributed by atoms with Gasteiger partial charge in [0.2, 0.25) is 0 Å². The maximum absolute atomic E-state index is 5.36. The lowest BCUT2D eigenvalue weighted by molar-refractivity contribution is 0.0897. The Balaban J connectivity index is 3.04. The van der Waals surface area contributed by atoms with Crippen molar-refractivity contribution in [3.05, 3.63) is 0 Å². The zero-order chi connectivity index (χ0) is 11.4. The van der Waals surface area contributed by atoms with Crippen LogP contribution in [0, 0.1) is 0 Å². The molecule has 0 saturated heterocycles. The van der Waals surface area contributed by atoms with Gasteiger partial charge >= 0.3 is 0 Å². The summed E-state index contributed by atoms with van der Waals surface area (Å²) in [5, 5.41) is 0. The minimum atomic E-state index is 0.505. The van der Waals surface area contributed by atoms with E-state index in [9.17, 15) is 0 Å². The Bertz CT molecular complexity index is 108. The van der Waals surface area contributed by atoms with Gasteiger partial charge in [0.05, 0.1) is 6.10 Å². The minimum Gasteiger partial charge on any atom is -0.381 e. The highest BCUT2D eigenvalue weighted by atomic mass is 16.5. The molecule has 1 heteroatoms. The Morgan fingerprint density at radius 2 is 1.33 bits per heavy atom. The van der Waals surface area contributed by atoms with Crippen molar-refractivity contribution in [2.24, 2.45) is 0 Å². The molecule has 1 nitrogen and oxygen atoms in total. The average Bonchev–Trinajstić information content (AvgIpc) is 2.27. The molecule has 0 fully saturated rings. The molecule has 0 aliphatic rings. The van der Waals surface area contributed by atoms with Gasteiger partial charge in [0.15, 0.2) is 0 Å². The molecule has 0 bridgehead atoms. The lowest BCUT2D eigenvalue weighted by Crippen LogP contribution is -2.08. The van der Waals surface area contributed by atoms with E-state index in [0.29, 0.717) is 6.10 Å². The third kappa shape index (κ3) is 10.2. The maximum Gasteiger partial charge on any atom is 0.0568 e. The number of methoxy groups -OCH3 is 1. The first-order valence-electron chi connectivity index (χ1n) is 6.87. The van der Waals surface area contributed by atoms with Crippen molar-refractivity contribution >= 4 is 0 Å². The Kier molecular flexibility index (Phi) is 12.0. The van der Waals surface area contributed by atoms with E-state index >= 15 is 0 Å². The molecule has 0 aromatic heterocycles. The standard InChI is InChI=1S/C14H30O/c1-4-6-7-8-9-10-11-12-13-14(5-2)15-3/h14H,4-13H2,1-3H3. The van der Waals surface area contributed by atoms with E-state index in [4.69, 9.17) is 4.74 Å². The predicted octanol–water partition coefficient (Wildman–Crippen LogP) is 4.94.